The second-order valence-electron chi connectivity index (χ2n) is 6.55. The van der Waals surface area contributed by atoms with Crippen LogP contribution < -0.4 is 9.47 Å². The molecule has 2 rings (SSSR count). The number of ether oxygens (including phenoxy) is 2. The van der Waals surface area contributed by atoms with E-state index in [9.17, 15) is 13.2 Å². The molecule has 1 atom stereocenters. The van der Waals surface area contributed by atoms with E-state index >= 15 is 0 Å². The molecule has 0 unspecified atom stereocenters. The Morgan fingerprint density at radius 3 is 1.72 bits per heavy atom. The number of methoxy groups -OCH3 is 2. The van der Waals surface area contributed by atoms with Crippen molar-refractivity contribution in [3.05, 3.63) is 72.3 Å². The molecule has 0 N–H and O–H groups in total. The second-order valence-corrected chi connectivity index (χ2v) is 8.70. The largest absolute Gasteiger partial charge is 0.497 e. The average molecular weight is 418 g/mol. The van der Waals surface area contributed by atoms with E-state index in [1.165, 1.54) is 4.31 Å². The van der Waals surface area contributed by atoms with Gasteiger partial charge in [0.05, 0.1) is 14.2 Å². The molecule has 0 aliphatic carbocycles. The Balaban J connectivity index is 2.33. The highest BCUT2D eigenvalue weighted by atomic mass is 32.2. The molecule has 0 bridgehead atoms. The van der Waals surface area contributed by atoms with Crippen LogP contribution in [0.25, 0.3) is 0 Å². The molecule has 0 fully saturated rings. The molecule has 2 aromatic carbocycles. The maximum atomic E-state index is 13.2. The second kappa shape index (κ2) is 10.8. The molecular weight excluding hydrogens is 390 g/mol. The zero-order valence-electron chi connectivity index (χ0n) is 16.8. The molecular formula is C22H27NO5S. The summed E-state index contributed by atoms with van der Waals surface area (Å²) in [5.74, 6) is 1.38. The lowest BCUT2D eigenvalue weighted by atomic mass is 10.2. The third-order valence-corrected chi connectivity index (χ3v) is 6.68. The molecule has 2 aromatic rings. The monoisotopic (exact) mass is 417 g/mol. The van der Waals surface area contributed by atoms with Crippen LogP contribution in [0.15, 0.2) is 61.2 Å². The van der Waals surface area contributed by atoms with Crippen LogP contribution in [0.4, 0.5) is 0 Å². The minimum absolute atomic E-state index is 0.150. The normalized spacial score (nSPS) is 12.4. The molecule has 0 aromatic heterocycles. The van der Waals surface area contributed by atoms with Crippen molar-refractivity contribution in [3.8, 4) is 11.5 Å². The number of aldehydes is 1. The summed E-state index contributed by atoms with van der Waals surface area (Å²) >= 11 is 0. The van der Waals surface area contributed by atoms with E-state index in [4.69, 9.17) is 9.47 Å². The molecule has 0 saturated heterocycles. The van der Waals surface area contributed by atoms with E-state index in [1.54, 1.807) is 44.6 Å². The van der Waals surface area contributed by atoms with Gasteiger partial charge in [-0.1, -0.05) is 30.3 Å². The molecule has 29 heavy (non-hydrogen) atoms. The first-order chi connectivity index (χ1) is 13.9. The zero-order chi connectivity index (χ0) is 21.3. The first-order valence-electron chi connectivity index (χ1n) is 9.25. The number of carbonyl (C=O) groups excluding carboxylic acids is 1. The Hall–Kier alpha value is -2.64. The van der Waals surface area contributed by atoms with Crippen molar-refractivity contribution < 1.29 is 22.7 Å². The molecule has 0 radical (unpaired) electrons. The van der Waals surface area contributed by atoms with Gasteiger partial charge in [0.15, 0.2) is 0 Å². The molecule has 0 heterocycles. The fraction of sp³-hybridized carbons (Fsp3) is 0.318. The van der Waals surface area contributed by atoms with Crippen molar-refractivity contribution >= 4 is 16.3 Å². The van der Waals surface area contributed by atoms with Gasteiger partial charge in [-0.3, -0.25) is 0 Å². The first kappa shape index (κ1) is 22.6. The molecule has 7 heteroatoms. The van der Waals surface area contributed by atoms with Crippen LogP contribution in [-0.2, 0) is 27.9 Å². The Bertz CT molecular complexity index is 842. The highest BCUT2D eigenvalue weighted by molar-refractivity contribution is 7.90. The summed E-state index contributed by atoms with van der Waals surface area (Å²) in [5, 5.41) is -1.11. The van der Waals surface area contributed by atoms with E-state index in [2.05, 4.69) is 6.58 Å². The maximum Gasteiger partial charge on any atom is 0.224 e. The van der Waals surface area contributed by atoms with E-state index < -0.39 is 15.3 Å². The fourth-order valence-electron chi connectivity index (χ4n) is 2.87. The number of allylic oxidation sites excluding steroid dienone is 1. The maximum absolute atomic E-state index is 13.2. The molecule has 0 amide bonds. The minimum atomic E-state index is -3.86. The quantitative estimate of drug-likeness (QED) is 0.390. The number of hydrogen-bond acceptors (Lipinski definition) is 5. The van der Waals surface area contributed by atoms with Crippen LogP contribution in [0.5, 0.6) is 11.5 Å². The number of nitrogens with zero attached hydrogens (tertiary/aromatic N) is 1. The van der Waals surface area contributed by atoms with Gasteiger partial charge in [0.2, 0.25) is 10.0 Å². The standard InChI is InChI=1S/C22H27NO5S/c1-4-5-6-22(17-24)29(25,26)23(15-18-7-11-20(27-2)12-8-18)16-19-9-13-21(28-3)14-10-19/h4,7-14,17,22H,1,5-6,15-16H2,2-3H3/t22-/m1/s1. The molecule has 0 aliphatic heterocycles. The lowest BCUT2D eigenvalue weighted by Gasteiger charge is -2.25. The Morgan fingerprint density at radius 1 is 0.931 bits per heavy atom. The predicted molar refractivity (Wildman–Crippen MR) is 113 cm³/mol. The summed E-state index contributed by atoms with van der Waals surface area (Å²) in [7, 11) is -0.712. The molecule has 0 aliphatic rings. The predicted octanol–water partition coefficient (Wildman–Crippen LogP) is 3.57. The fourth-order valence-corrected chi connectivity index (χ4v) is 4.48. The Kier molecular flexibility index (Phi) is 8.42. The summed E-state index contributed by atoms with van der Waals surface area (Å²) in [5.41, 5.74) is 1.60. The van der Waals surface area contributed by atoms with Crippen molar-refractivity contribution in [1.29, 1.82) is 0 Å². The molecule has 156 valence electrons. The van der Waals surface area contributed by atoms with Gasteiger partial charge in [0.25, 0.3) is 0 Å². The van der Waals surface area contributed by atoms with Crippen molar-refractivity contribution in [2.75, 3.05) is 14.2 Å². The van der Waals surface area contributed by atoms with Gasteiger partial charge in [-0.15, -0.1) is 6.58 Å². The third kappa shape index (κ3) is 6.17. The van der Waals surface area contributed by atoms with Gasteiger partial charge >= 0.3 is 0 Å². The summed E-state index contributed by atoms with van der Waals surface area (Å²) in [6.45, 7) is 3.91. The van der Waals surface area contributed by atoms with Gasteiger partial charge in [-0.2, -0.15) is 4.31 Å². The summed E-state index contributed by atoms with van der Waals surface area (Å²) < 4.78 is 38.1. The number of hydrogen-bond donors (Lipinski definition) is 0. The van der Waals surface area contributed by atoms with Crippen LogP contribution in [-0.4, -0.2) is 38.5 Å². The molecule has 0 saturated carbocycles. The topological polar surface area (TPSA) is 72.9 Å². The van der Waals surface area contributed by atoms with Gasteiger partial charge < -0.3 is 14.3 Å². The van der Waals surface area contributed by atoms with Gasteiger partial charge in [-0.25, -0.2) is 8.42 Å². The van der Waals surface area contributed by atoms with Crippen molar-refractivity contribution in [1.82, 2.24) is 4.31 Å². The zero-order valence-corrected chi connectivity index (χ0v) is 17.6. The number of rotatable bonds is 12. The van der Waals surface area contributed by atoms with Gasteiger partial charge in [-0.05, 0) is 48.2 Å². The van der Waals surface area contributed by atoms with E-state index in [1.807, 2.05) is 24.3 Å². The van der Waals surface area contributed by atoms with Crippen LogP contribution in [0.2, 0.25) is 0 Å². The van der Waals surface area contributed by atoms with E-state index in [0.717, 1.165) is 11.1 Å². The first-order valence-corrected chi connectivity index (χ1v) is 10.8. The summed E-state index contributed by atoms with van der Waals surface area (Å²) in [6.07, 6.45) is 2.77. The van der Waals surface area contributed by atoms with Crippen LogP contribution >= 0.6 is 0 Å². The average Bonchev–Trinajstić information content (AvgIpc) is 2.74. The Morgan fingerprint density at radius 2 is 1.38 bits per heavy atom. The van der Waals surface area contributed by atoms with E-state index in [-0.39, 0.29) is 19.5 Å². The minimum Gasteiger partial charge on any atom is -0.497 e. The number of benzene rings is 2. The Labute approximate surface area is 172 Å². The summed E-state index contributed by atoms with van der Waals surface area (Å²) in [6, 6.07) is 14.4. The van der Waals surface area contributed by atoms with Crippen molar-refractivity contribution in [3.63, 3.8) is 0 Å². The number of carbonyl (C=O) groups is 1. The third-order valence-electron chi connectivity index (χ3n) is 4.59. The van der Waals surface area contributed by atoms with Crippen LogP contribution in [0.1, 0.15) is 24.0 Å². The van der Waals surface area contributed by atoms with Gasteiger partial charge in [0, 0.05) is 13.1 Å². The lowest BCUT2D eigenvalue weighted by molar-refractivity contribution is -0.107. The summed E-state index contributed by atoms with van der Waals surface area (Å²) in [4.78, 5) is 11.6. The SMILES string of the molecule is C=CCC[C@H](C=O)S(=O)(=O)N(Cc1ccc(OC)cc1)Cc1ccc(OC)cc1. The molecule has 0 spiro atoms. The van der Waals surface area contributed by atoms with Crippen molar-refractivity contribution in [2.24, 2.45) is 0 Å². The lowest BCUT2D eigenvalue weighted by Crippen LogP contribution is -2.38. The number of sulfonamides is 1. The van der Waals surface area contributed by atoms with E-state index in [0.29, 0.717) is 24.2 Å². The smallest absolute Gasteiger partial charge is 0.224 e. The highest BCUT2D eigenvalue weighted by Gasteiger charge is 2.31. The van der Waals surface area contributed by atoms with Crippen molar-refractivity contribution in [2.45, 2.75) is 31.2 Å². The van der Waals surface area contributed by atoms with Crippen LogP contribution in [0, 0.1) is 0 Å². The molecule has 6 nitrogen and oxygen atoms in total. The highest BCUT2D eigenvalue weighted by Crippen LogP contribution is 2.22. The van der Waals surface area contributed by atoms with Gasteiger partial charge in [0.1, 0.15) is 23.0 Å². The van der Waals surface area contributed by atoms with Crippen LogP contribution in [0.3, 0.4) is 0 Å².